The van der Waals surface area contributed by atoms with E-state index >= 15 is 0 Å². The Kier molecular flexibility index (Phi) is 3.59. The molecule has 0 spiro atoms. The summed E-state index contributed by atoms with van der Waals surface area (Å²) in [6.45, 7) is 2.93. The Hall–Kier alpha value is -1.52. The van der Waals surface area contributed by atoms with Crippen molar-refractivity contribution in [3.63, 3.8) is 0 Å². The SMILES string of the molecule is Cc1ccc2c3c(ccc2n1)OC[C@H](CN)O3.Cl. The zero-order valence-corrected chi connectivity index (χ0v) is 10.9. The van der Waals surface area contributed by atoms with Crippen LogP contribution in [0.15, 0.2) is 24.3 Å². The van der Waals surface area contributed by atoms with Crippen molar-refractivity contribution in [2.75, 3.05) is 13.2 Å². The molecule has 3 rings (SSSR count). The van der Waals surface area contributed by atoms with Crippen LogP contribution in [0.1, 0.15) is 5.69 Å². The molecule has 1 aliphatic heterocycles. The molecule has 1 aliphatic rings. The van der Waals surface area contributed by atoms with Crippen molar-refractivity contribution in [2.45, 2.75) is 13.0 Å². The molecular weight excluding hydrogens is 252 g/mol. The molecule has 1 atom stereocenters. The van der Waals surface area contributed by atoms with Gasteiger partial charge in [0.15, 0.2) is 11.5 Å². The van der Waals surface area contributed by atoms with Crippen molar-refractivity contribution in [2.24, 2.45) is 5.73 Å². The van der Waals surface area contributed by atoms with Crippen LogP contribution in [0, 0.1) is 6.92 Å². The summed E-state index contributed by atoms with van der Waals surface area (Å²) < 4.78 is 11.5. The normalized spacial score (nSPS) is 17.3. The van der Waals surface area contributed by atoms with Crippen LogP contribution in [0.25, 0.3) is 10.9 Å². The zero-order valence-electron chi connectivity index (χ0n) is 10.1. The summed E-state index contributed by atoms with van der Waals surface area (Å²) in [5.74, 6) is 1.53. The number of halogens is 1. The van der Waals surface area contributed by atoms with E-state index in [0.29, 0.717) is 13.2 Å². The summed E-state index contributed by atoms with van der Waals surface area (Å²) in [4.78, 5) is 4.47. The lowest BCUT2D eigenvalue weighted by atomic mass is 10.1. The average molecular weight is 267 g/mol. The molecule has 0 radical (unpaired) electrons. The van der Waals surface area contributed by atoms with Gasteiger partial charge in [0, 0.05) is 17.6 Å². The second kappa shape index (κ2) is 5.00. The van der Waals surface area contributed by atoms with Gasteiger partial charge in [0.25, 0.3) is 0 Å². The summed E-state index contributed by atoms with van der Waals surface area (Å²) in [6.07, 6.45) is -0.0746. The number of nitrogens with zero attached hydrogens (tertiary/aromatic N) is 1. The van der Waals surface area contributed by atoms with Gasteiger partial charge in [0.2, 0.25) is 0 Å². The van der Waals surface area contributed by atoms with E-state index in [1.54, 1.807) is 0 Å². The second-order valence-electron chi connectivity index (χ2n) is 4.20. The van der Waals surface area contributed by atoms with Crippen LogP contribution in [-0.4, -0.2) is 24.2 Å². The Labute approximate surface area is 112 Å². The summed E-state index contributed by atoms with van der Waals surface area (Å²) in [5, 5.41) is 0.978. The minimum absolute atomic E-state index is 0. The Morgan fingerprint density at radius 2 is 2.17 bits per heavy atom. The summed E-state index contributed by atoms with van der Waals surface area (Å²) in [7, 11) is 0. The summed E-state index contributed by atoms with van der Waals surface area (Å²) >= 11 is 0. The van der Waals surface area contributed by atoms with Crippen molar-refractivity contribution in [1.82, 2.24) is 4.98 Å². The number of hydrogen-bond donors (Lipinski definition) is 1. The Morgan fingerprint density at radius 1 is 1.33 bits per heavy atom. The number of hydrogen-bond acceptors (Lipinski definition) is 4. The molecule has 96 valence electrons. The highest BCUT2D eigenvalue weighted by Gasteiger charge is 2.22. The molecule has 2 heterocycles. The number of nitrogens with two attached hydrogens (primary N) is 1. The van der Waals surface area contributed by atoms with Gasteiger partial charge >= 0.3 is 0 Å². The van der Waals surface area contributed by atoms with Crippen LogP contribution >= 0.6 is 12.4 Å². The monoisotopic (exact) mass is 266 g/mol. The molecule has 1 aromatic carbocycles. The van der Waals surface area contributed by atoms with Crippen LogP contribution in [0.3, 0.4) is 0 Å². The third kappa shape index (κ3) is 2.09. The molecule has 18 heavy (non-hydrogen) atoms. The first-order valence-corrected chi connectivity index (χ1v) is 5.68. The molecule has 0 saturated carbocycles. The molecule has 0 aliphatic carbocycles. The summed E-state index contributed by atoms with van der Waals surface area (Å²) in [6, 6.07) is 7.83. The van der Waals surface area contributed by atoms with Gasteiger partial charge in [-0.2, -0.15) is 0 Å². The van der Waals surface area contributed by atoms with E-state index in [1.807, 2.05) is 31.2 Å². The van der Waals surface area contributed by atoms with E-state index in [-0.39, 0.29) is 18.5 Å². The lowest BCUT2D eigenvalue weighted by Gasteiger charge is -2.26. The molecule has 0 bridgehead atoms. The largest absolute Gasteiger partial charge is 0.486 e. The number of benzene rings is 1. The van der Waals surface area contributed by atoms with Gasteiger partial charge in [0.05, 0.1) is 5.52 Å². The number of rotatable bonds is 1. The molecular formula is C13H15ClN2O2. The minimum Gasteiger partial charge on any atom is -0.486 e. The zero-order chi connectivity index (χ0) is 11.8. The predicted octanol–water partition coefficient (Wildman–Crippen LogP) is 2.06. The van der Waals surface area contributed by atoms with Crippen molar-refractivity contribution in [1.29, 1.82) is 0 Å². The Balaban J connectivity index is 0.00000120. The molecule has 4 nitrogen and oxygen atoms in total. The highest BCUT2D eigenvalue weighted by molar-refractivity contribution is 5.88. The average Bonchev–Trinajstić information content (AvgIpc) is 2.37. The number of aryl methyl sites for hydroxylation is 1. The van der Waals surface area contributed by atoms with Crippen molar-refractivity contribution < 1.29 is 9.47 Å². The molecule has 0 saturated heterocycles. The third-order valence-electron chi connectivity index (χ3n) is 2.90. The fourth-order valence-corrected chi connectivity index (χ4v) is 1.99. The Bertz CT molecular complexity index is 574. The quantitative estimate of drug-likeness (QED) is 0.858. The molecule has 0 unspecified atom stereocenters. The highest BCUT2D eigenvalue weighted by Crippen LogP contribution is 2.38. The number of aromatic nitrogens is 1. The topological polar surface area (TPSA) is 57.4 Å². The number of ether oxygens (including phenoxy) is 2. The van der Waals surface area contributed by atoms with E-state index in [2.05, 4.69) is 4.98 Å². The van der Waals surface area contributed by atoms with Gasteiger partial charge in [-0.1, -0.05) is 0 Å². The molecule has 2 aromatic rings. The van der Waals surface area contributed by atoms with E-state index in [0.717, 1.165) is 28.1 Å². The first-order chi connectivity index (χ1) is 8.28. The first kappa shape index (κ1) is 12.9. The maximum Gasteiger partial charge on any atom is 0.171 e. The van der Waals surface area contributed by atoms with Crippen molar-refractivity contribution in [3.8, 4) is 11.5 Å². The van der Waals surface area contributed by atoms with Crippen molar-refractivity contribution >= 4 is 23.3 Å². The van der Waals surface area contributed by atoms with Gasteiger partial charge < -0.3 is 15.2 Å². The smallest absolute Gasteiger partial charge is 0.171 e. The van der Waals surface area contributed by atoms with Gasteiger partial charge in [-0.05, 0) is 31.2 Å². The van der Waals surface area contributed by atoms with Gasteiger partial charge in [-0.3, -0.25) is 4.98 Å². The fraction of sp³-hybridized carbons (Fsp3) is 0.308. The maximum absolute atomic E-state index is 5.84. The standard InChI is InChI=1S/C13H14N2O2.ClH/c1-8-2-3-10-11(15-8)4-5-12-13(10)17-9(6-14)7-16-12;/h2-5,9H,6-7,14H2,1H3;1H/t9-;/m0./s1. The third-order valence-corrected chi connectivity index (χ3v) is 2.90. The molecule has 2 N–H and O–H groups in total. The van der Waals surface area contributed by atoms with Gasteiger partial charge in [-0.25, -0.2) is 0 Å². The summed E-state index contributed by atoms with van der Waals surface area (Å²) in [5.41, 5.74) is 7.52. The fourth-order valence-electron chi connectivity index (χ4n) is 1.99. The van der Waals surface area contributed by atoms with Crippen LogP contribution < -0.4 is 15.2 Å². The van der Waals surface area contributed by atoms with E-state index in [1.165, 1.54) is 0 Å². The predicted molar refractivity (Wildman–Crippen MR) is 72.7 cm³/mol. The van der Waals surface area contributed by atoms with Crippen LogP contribution in [0.5, 0.6) is 11.5 Å². The second-order valence-corrected chi connectivity index (χ2v) is 4.20. The number of pyridine rings is 1. The molecule has 1 aromatic heterocycles. The first-order valence-electron chi connectivity index (χ1n) is 5.68. The van der Waals surface area contributed by atoms with Gasteiger partial charge in [-0.15, -0.1) is 12.4 Å². The van der Waals surface area contributed by atoms with Gasteiger partial charge in [0.1, 0.15) is 12.7 Å². The molecule has 0 amide bonds. The molecule has 5 heteroatoms. The highest BCUT2D eigenvalue weighted by atomic mass is 35.5. The van der Waals surface area contributed by atoms with Crippen LogP contribution in [0.4, 0.5) is 0 Å². The number of fused-ring (bicyclic) bond motifs is 3. The maximum atomic E-state index is 5.84. The molecule has 0 fully saturated rings. The van der Waals surface area contributed by atoms with Crippen LogP contribution in [-0.2, 0) is 0 Å². The Morgan fingerprint density at radius 3 is 2.94 bits per heavy atom. The van der Waals surface area contributed by atoms with E-state index in [4.69, 9.17) is 15.2 Å². The minimum atomic E-state index is -0.0746. The lowest BCUT2D eigenvalue weighted by Crippen LogP contribution is -2.35. The van der Waals surface area contributed by atoms with Crippen LogP contribution in [0.2, 0.25) is 0 Å². The van der Waals surface area contributed by atoms with E-state index in [9.17, 15) is 0 Å². The lowest BCUT2D eigenvalue weighted by molar-refractivity contribution is 0.0989. The van der Waals surface area contributed by atoms with E-state index < -0.39 is 0 Å². The van der Waals surface area contributed by atoms with Crippen molar-refractivity contribution in [3.05, 3.63) is 30.0 Å².